The monoisotopic (exact) mass is 300 g/mol. The van der Waals surface area contributed by atoms with E-state index < -0.39 is 0 Å². The first-order valence-electron chi connectivity index (χ1n) is 7.54. The highest BCUT2D eigenvalue weighted by molar-refractivity contribution is 5.81. The molecule has 0 saturated heterocycles. The van der Waals surface area contributed by atoms with Crippen molar-refractivity contribution in [3.63, 3.8) is 0 Å². The molecule has 2 rings (SSSR count). The van der Waals surface area contributed by atoms with Gasteiger partial charge in [0.25, 0.3) is 0 Å². The number of anilines is 1. The molecular weight excluding hydrogens is 276 g/mol. The van der Waals surface area contributed by atoms with E-state index in [0.29, 0.717) is 0 Å². The first-order chi connectivity index (χ1) is 10.4. The molecule has 22 heavy (non-hydrogen) atoms. The SMILES string of the molecule is CC(NC(=O)CNc1ccccc1C(C)(C)C)c1ccco1. The normalized spacial score (nSPS) is 12.7. The molecule has 0 aliphatic heterocycles. The molecule has 1 heterocycles. The van der Waals surface area contributed by atoms with Crippen molar-refractivity contribution in [3.8, 4) is 0 Å². The lowest BCUT2D eigenvalue weighted by Gasteiger charge is -2.23. The number of hydrogen-bond acceptors (Lipinski definition) is 3. The van der Waals surface area contributed by atoms with Crippen molar-refractivity contribution in [2.24, 2.45) is 0 Å². The molecule has 0 spiro atoms. The average molecular weight is 300 g/mol. The molecule has 0 bridgehead atoms. The number of carbonyl (C=O) groups is 1. The highest BCUT2D eigenvalue weighted by Crippen LogP contribution is 2.29. The lowest BCUT2D eigenvalue weighted by atomic mass is 9.86. The zero-order chi connectivity index (χ0) is 16.2. The first kappa shape index (κ1) is 16.1. The fourth-order valence-corrected chi connectivity index (χ4v) is 2.37. The van der Waals surface area contributed by atoms with E-state index >= 15 is 0 Å². The summed E-state index contributed by atoms with van der Waals surface area (Å²) in [6.45, 7) is 8.61. The number of furan rings is 1. The third-order valence-electron chi connectivity index (χ3n) is 3.52. The van der Waals surface area contributed by atoms with E-state index in [-0.39, 0.29) is 23.9 Å². The maximum atomic E-state index is 12.1. The maximum Gasteiger partial charge on any atom is 0.239 e. The fraction of sp³-hybridized carbons (Fsp3) is 0.389. The molecule has 1 atom stereocenters. The van der Waals surface area contributed by atoms with Crippen LogP contribution in [0.4, 0.5) is 5.69 Å². The number of benzene rings is 1. The van der Waals surface area contributed by atoms with Crippen LogP contribution in [0.5, 0.6) is 0 Å². The molecular formula is C18H24N2O2. The topological polar surface area (TPSA) is 54.3 Å². The molecule has 0 fully saturated rings. The molecule has 0 radical (unpaired) electrons. The summed E-state index contributed by atoms with van der Waals surface area (Å²) in [6.07, 6.45) is 1.61. The van der Waals surface area contributed by atoms with Gasteiger partial charge in [0.05, 0.1) is 18.8 Å². The second-order valence-corrected chi connectivity index (χ2v) is 6.45. The second-order valence-electron chi connectivity index (χ2n) is 6.45. The van der Waals surface area contributed by atoms with E-state index in [9.17, 15) is 4.79 Å². The van der Waals surface area contributed by atoms with Crippen molar-refractivity contribution in [3.05, 3.63) is 54.0 Å². The Kier molecular flexibility index (Phi) is 4.91. The summed E-state index contributed by atoms with van der Waals surface area (Å²) in [5.41, 5.74) is 2.22. The Labute approximate surface area is 131 Å². The molecule has 4 nitrogen and oxygen atoms in total. The van der Waals surface area contributed by atoms with Crippen LogP contribution in [-0.2, 0) is 10.2 Å². The van der Waals surface area contributed by atoms with Gasteiger partial charge in [-0.15, -0.1) is 0 Å². The number of hydrogen-bond donors (Lipinski definition) is 2. The molecule has 0 saturated carbocycles. The number of nitrogens with one attached hydrogen (secondary N) is 2. The van der Waals surface area contributed by atoms with Crippen molar-refractivity contribution in [1.29, 1.82) is 0 Å². The van der Waals surface area contributed by atoms with Crippen LogP contribution in [0, 0.1) is 0 Å². The van der Waals surface area contributed by atoms with Gasteiger partial charge < -0.3 is 15.1 Å². The van der Waals surface area contributed by atoms with Gasteiger partial charge in [0, 0.05) is 5.69 Å². The summed E-state index contributed by atoms with van der Waals surface area (Å²) < 4.78 is 5.29. The van der Waals surface area contributed by atoms with Crippen molar-refractivity contribution in [2.45, 2.75) is 39.2 Å². The standard InChI is InChI=1S/C18H24N2O2/c1-13(16-10-7-11-22-16)20-17(21)12-19-15-9-6-5-8-14(15)18(2,3)4/h5-11,13,19H,12H2,1-4H3,(H,20,21). The van der Waals surface area contributed by atoms with Gasteiger partial charge in [-0.2, -0.15) is 0 Å². The minimum atomic E-state index is -0.137. The number of carbonyl (C=O) groups excluding carboxylic acids is 1. The fourth-order valence-electron chi connectivity index (χ4n) is 2.37. The Balaban J connectivity index is 1.95. The summed E-state index contributed by atoms with van der Waals surface area (Å²) in [7, 11) is 0. The lowest BCUT2D eigenvalue weighted by molar-refractivity contribution is -0.120. The molecule has 0 aliphatic carbocycles. The predicted molar refractivity (Wildman–Crippen MR) is 88.9 cm³/mol. The summed E-state index contributed by atoms with van der Waals surface area (Å²) in [5.74, 6) is 0.691. The molecule has 1 aromatic heterocycles. The molecule has 118 valence electrons. The zero-order valence-corrected chi connectivity index (χ0v) is 13.6. The summed E-state index contributed by atoms with van der Waals surface area (Å²) in [5, 5.41) is 6.14. The Bertz CT molecular complexity index is 612. The van der Waals surface area contributed by atoms with Crippen LogP contribution in [0.15, 0.2) is 47.1 Å². The van der Waals surface area contributed by atoms with E-state index in [0.717, 1.165) is 11.4 Å². The van der Waals surface area contributed by atoms with Gasteiger partial charge in [-0.25, -0.2) is 0 Å². The largest absolute Gasteiger partial charge is 0.467 e. The second kappa shape index (κ2) is 6.69. The number of rotatable bonds is 5. The number of para-hydroxylation sites is 1. The lowest BCUT2D eigenvalue weighted by Crippen LogP contribution is -2.32. The Hall–Kier alpha value is -2.23. The van der Waals surface area contributed by atoms with Gasteiger partial charge in [-0.3, -0.25) is 4.79 Å². The van der Waals surface area contributed by atoms with Crippen molar-refractivity contribution >= 4 is 11.6 Å². The highest BCUT2D eigenvalue weighted by Gasteiger charge is 2.18. The van der Waals surface area contributed by atoms with Crippen LogP contribution in [0.1, 0.15) is 45.1 Å². The summed E-state index contributed by atoms with van der Waals surface area (Å²) in [4.78, 5) is 12.1. The Morgan fingerprint density at radius 2 is 1.91 bits per heavy atom. The molecule has 1 amide bonds. The van der Waals surface area contributed by atoms with Crippen LogP contribution < -0.4 is 10.6 Å². The van der Waals surface area contributed by atoms with Gasteiger partial charge in [0.1, 0.15) is 5.76 Å². The number of amides is 1. The smallest absolute Gasteiger partial charge is 0.239 e. The minimum absolute atomic E-state index is 0.0293. The quantitative estimate of drug-likeness (QED) is 0.881. The van der Waals surface area contributed by atoms with Gasteiger partial charge in [-0.05, 0) is 36.1 Å². The van der Waals surface area contributed by atoms with Crippen LogP contribution in [0.3, 0.4) is 0 Å². The van der Waals surface area contributed by atoms with E-state index in [1.165, 1.54) is 5.56 Å². The predicted octanol–water partition coefficient (Wildman–Crippen LogP) is 3.87. The molecule has 2 N–H and O–H groups in total. The highest BCUT2D eigenvalue weighted by atomic mass is 16.3. The molecule has 4 heteroatoms. The van der Waals surface area contributed by atoms with Crippen LogP contribution in [-0.4, -0.2) is 12.5 Å². The minimum Gasteiger partial charge on any atom is -0.467 e. The van der Waals surface area contributed by atoms with E-state index in [1.54, 1.807) is 6.26 Å². The van der Waals surface area contributed by atoms with Gasteiger partial charge in [-0.1, -0.05) is 39.0 Å². The van der Waals surface area contributed by atoms with E-state index in [4.69, 9.17) is 4.42 Å². The average Bonchev–Trinajstić information content (AvgIpc) is 2.98. The van der Waals surface area contributed by atoms with Crippen LogP contribution in [0.25, 0.3) is 0 Å². The third-order valence-corrected chi connectivity index (χ3v) is 3.52. The molecule has 1 aromatic carbocycles. The summed E-state index contributed by atoms with van der Waals surface area (Å²) in [6, 6.07) is 11.6. The Morgan fingerprint density at radius 1 is 1.18 bits per heavy atom. The summed E-state index contributed by atoms with van der Waals surface area (Å²) >= 11 is 0. The van der Waals surface area contributed by atoms with Gasteiger partial charge >= 0.3 is 0 Å². The zero-order valence-electron chi connectivity index (χ0n) is 13.6. The van der Waals surface area contributed by atoms with Crippen molar-refractivity contribution in [1.82, 2.24) is 5.32 Å². The van der Waals surface area contributed by atoms with Crippen molar-refractivity contribution < 1.29 is 9.21 Å². The Morgan fingerprint density at radius 3 is 2.55 bits per heavy atom. The van der Waals surface area contributed by atoms with Crippen molar-refractivity contribution in [2.75, 3.05) is 11.9 Å². The maximum absolute atomic E-state index is 12.1. The molecule has 0 aliphatic rings. The molecule has 1 unspecified atom stereocenters. The van der Waals surface area contributed by atoms with E-state index in [1.807, 2.05) is 37.3 Å². The van der Waals surface area contributed by atoms with Crippen LogP contribution in [0.2, 0.25) is 0 Å². The van der Waals surface area contributed by atoms with E-state index in [2.05, 4.69) is 37.5 Å². The molecule has 2 aromatic rings. The first-order valence-corrected chi connectivity index (χ1v) is 7.54. The van der Waals surface area contributed by atoms with Gasteiger partial charge in [0.2, 0.25) is 5.91 Å². The van der Waals surface area contributed by atoms with Crippen LogP contribution >= 0.6 is 0 Å². The third kappa shape index (κ3) is 4.13. The van der Waals surface area contributed by atoms with Gasteiger partial charge in [0.15, 0.2) is 0 Å².